The van der Waals surface area contributed by atoms with E-state index >= 15 is 0 Å². The molecule has 2 rings (SSSR count). The third kappa shape index (κ3) is 4.54. The van der Waals surface area contributed by atoms with Crippen LogP contribution in [0.3, 0.4) is 0 Å². The van der Waals surface area contributed by atoms with E-state index in [1.807, 2.05) is 36.4 Å². The summed E-state index contributed by atoms with van der Waals surface area (Å²) >= 11 is 0. The van der Waals surface area contributed by atoms with Crippen molar-refractivity contribution in [3.8, 4) is 0 Å². The fourth-order valence-electron chi connectivity index (χ4n) is 2.41. The van der Waals surface area contributed by atoms with Crippen molar-refractivity contribution in [1.29, 1.82) is 0 Å². The molecule has 1 unspecified atom stereocenters. The second-order valence-corrected chi connectivity index (χ2v) is 5.94. The van der Waals surface area contributed by atoms with Gasteiger partial charge in [0.05, 0.1) is 0 Å². The predicted molar refractivity (Wildman–Crippen MR) is 94.3 cm³/mol. The summed E-state index contributed by atoms with van der Waals surface area (Å²) < 4.78 is 0. The van der Waals surface area contributed by atoms with Crippen molar-refractivity contribution in [3.63, 3.8) is 0 Å². The summed E-state index contributed by atoms with van der Waals surface area (Å²) in [6, 6.07) is 17.5. The molecule has 0 radical (unpaired) electrons. The molecule has 0 saturated carbocycles. The second-order valence-electron chi connectivity index (χ2n) is 5.94. The van der Waals surface area contributed by atoms with Gasteiger partial charge in [0.1, 0.15) is 6.04 Å². The monoisotopic (exact) mass is 309 g/mol. The van der Waals surface area contributed by atoms with Gasteiger partial charge in [0, 0.05) is 0 Å². The van der Waals surface area contributed by atoms with Gasteiger partial charge in [0.2, 0.25) is 0 Å². The van der Waals surface area contributed by atoms with Crippen LogP contribution in [-0.2, 0) is 4.79 Å². The third-order valence-electron chi connectivity index (χ3n) is 3.87. The van der Waals surface area contributed by atoms with Crippen LogP contribution >= 0.6 is 0 Å². The number of carbonyl (C=O) groups is 1. The summed E-state index contributed by atoms with van der Waals surface area (Å²) in [4.78, 5) is 11.0. The highest BCUT2D eigenvalue weighted by atomic mass is 16.4. The largest absolute Gasteiger partial charge is 0.480 e. The molecule has 23 heavy (non-hydrogen) atoms. The molecule has 120 valence electrons. The van der Waals surface area contributed by atoms with Gasteiger partial charge in [-0.1, -0.05) is 74.5 Å². The number of nitrogens with two attached hydrogens (primary N) is 1. The highest BCUT2D eigenvalue weighted by Gasteiger charge is 2.11. The first kappa shape index (κ1) is 17.0. The smallest absolute Gasteiger partial charge is 0.320 e. The molecule has 2 aromatic carbocycles. The Labute approximate surface area is 137 Å². The number of hydrogen-bond donors (Lipinski definition) is 2. The van der Waals surface area contributed by atoms with Crippen LogP contribution in [0.15, 0.2) is 60.7 Å². The molecular weight excluding hydrogens is 286 g/mol. The SMILES string of the molecule is CC(C)c1ccc(/C(=C/CC(N)C(=O)O)c2ccccc2)cc1. The zero-order valence-electron chi connectivity index (χ0n) is 13.6. The van der Waals surface area contributed by atoms with Crippen LogP contribution in [0.5, 0.6) is 0 Å². The van der Waals surface area contributed by atoms with Gasteiger partial charge < -0.3 is 10.8 Å². The fourth-order valence-corrected chi connectivity index (χ4v) is 2.41. The molecule has 3 heteroatoms. The zero-order valence-corrected chi connectivity index (χ0v) is 13.6. The lowest BCUT2D eigenvalue weighted by Crippen LogP contribution is -2.29. The van der Waals surface area contributed by atoms with E-state index in [9.17, 15) is 4.79 Å². The van der Waals surface area contributed by atoms with Crippen molar-refractivity contribution < 1.29 is 9.90 Å². The lowest BCUT2D eigenvalue weighted by molar-refractivity contribution is -0.138. The van der Waals surface area contributed by atoms with Gasteiger partial charge in [-0.2, -0.15) is 0 Å². The summed E-state index contributed by atoms with van der Waals surface area (Å²) in [5.74, 6) is -0.502. The van der Waals surface area contributed by atoms with Crippen molar-refractivity contribution in [2.24, 2.45) is 5.73 Å². The highest BCUT2D eigenvalue weighted by molar-refractivity contribution is 5.81. The Bertz CT molecular complexity index is 673. The number of rotatable bonds is 6. The number of aliphatic carboxylic acids is 1. The van der Waals surface area contributed by atoms with Gasteiger partial charge in [-0.3, -0.25) is 4.79 Å². The van der Waals surface area contributed by atoms with E-state index in [-0.39, 0.29) is 0 Å². The van der Waals surface area contributed by atoms with Gasteiger partial charge in [0.15, 0.2) is 0 Å². The van der Waals surface area contributed by atoms with E-state index in [4.69, 9.17) is 10.8 Å². The Morgan fingerprint density at radius 1 is 1.04 bits per heavy atom. The van der Waals surface area contributed by atoms with E-state index in [1.54, 1.807) is 0 Å². The van der Waals surface area contributed by atoms with E-state index in [1.165, 1.54) is 5.56 Å². The van der Waals surface area contributed by atoms with E-state index in [0.29, 0.717) is 12.3 Å². The zero-order chi connectivity index (χ0) is 16.8. The summed E-state index contributed by atoms with van der Waals surface area (Å²) in [6.07, 6.45) is 2.21. The van der Waals surface area contributed by atoms with E-state index in [0.717, 1.165) is 16.7 Å². The minimum absolute atomic E-state index is 0.297. The molecule has 3 nitrogen and oxygen atoms in total. The van der Waals surface area contributed by atoms with E-state index < -0.39 is 12.0 Å². The van der Waals surface area contributed by atoms with Gasteiger partial charge in [0.25, 0.3) is 0 Å². The molecule has 0 aliphatic carbocycles. The number of benzene rings is 2. The van der Waals surface area contributed by atoms with Gasteiger partial charge in [-0.05, 0) is 34.6 Å². The van der Waals surface area contributed by atoms with Crippen LogP contribution in [0.2, 0.25) is 0 Å². The van der Waals surface area contributed by atoms with Crippen LogP contribution in [0.1, 0.15) is 42.9 Å². The molecule has 0 amide bonds. The number of hydrogen-bond acceptors (Lipinski definition) is 2. The molecule has 0 heterocycles. The average Bonchev–Trinajstić information content (AvgIpc) is 2.56. The quantitative estimate of drug-likeness (QED) is 0.846. The van der Waals surface area contributed by atoms with Gasteiger partial charge in [-0.25, -0.2) is 0 Å². The fraction of sp³-hybridized carbons (Fsp3) is 0.250. The third-order valence-corrected chi connectivity index (χ3v) is 3.87. The molecule has 3 N–H and O–H groups in total. The Hall–Kier alpha value is -2.39. The van der Waals surface area contributed by atoms with Crippen LogP contribution < -0.4 is 5.73 Å². The van der Waals surface area contributed by atoms with Crippen molar-refractivity contribution in [2.75, 3.05) is 0 Å². The summed E-state index contributed by atoms with van der Waals surface area (Å²) in [5.41, 5.74) is 10.1. The summed E-state index contributed by atoms with van der Waals surface area (Å²) in [5, 5.41) is 8.98. The standard InChI is InChI=1S/C20H23NO2/c1-14(2)15-8-10-17(11-9-15)18(12-13-19(21)20(22)23)16-6-4-3-5-7-16/h3-12,14,19H,13,21H2,1-2H3,(H,22,23)/b18-12+. The Kier molecular flexibility index (Phi) is 5.72. The van der Waals surface area contributed by atoms with Crippen molar-refractivity contribution in [3.05, 3.63) is 77.4 Å². The molecule has 0 spiro atoms. The molecule has 2 aromatic rings. The maximum atomic E-state index is 11.0. The molecule has 1 atom stereocenters. The highest BCUT2D eigenvalue weighted by Crippen LogP contribution is 2.26. The maximum absolute atomic E-state index is 11.0. The summed E-state index contributed by atoms with van der Waals surface area (Å²) in [6.45, 7) is 4.32. The van der Waals surface area contributed by atoms with Crippen LogP contribution in [0.25, 0.3) is 5.57 Å². The van der Waals surface area contributed by atoms with Crippen molar-refractivity contribution in [1.82, 2.24) is 0 Å². The minimum Gasteiger partial charge on any atom is -0.480 e. The van der Waals surface area contributed by atoms with Crippen LogP contribution in [0.4, 0.5) is 0 Å². The number of carboxylic acids is 1. The maximum Gasteiger partial charge on any atom is 0.320 e. The average molecular weight is 309 g/mol. The van der Waals surface area contributed by atoms with Gasteiger partial charge >= 0.3 is 5.97 Å². The molecule has 0 aromatic heterocycles. The molecule has 0 aliphatic rings. The minimum atomic E-state index is -0.983. The first-order valence-corrected chi connectivity index (χ1v) is 7.83. The first-order chi connectivity index (χ1) is 11.0. The van der Waals surface area contributed by atoms with Crippen LogP contribution in [0, 0.1) is 0 Å². The lowest BCUT2D eigenvalue weighted by atomic mass is 9.93. The first-order valence-electron chi connectivity index (χ1n) is 7.83. The number of carboxylic acid groups (broad SMARTS) is 1. The Morgan fingerprint density at radius 3 is 2.13 bits per heavy atom. The van der Waals surface area contributed by atoms with Crippen molar-refractivity contribution >= 4 is 11.5 Å². The second kappa shape index (κ2) is 7.75. The molecule has 0 aliphatic heterocycles. The lowest BCUT2D eigenvalue weighted by Gasteiger charge is -2.12. The van der Waals surface area contributed by atoms with E-state index in [2.05, 4.69) is 38.1 Å². The Balaban J connectivity index is 2.37. The topological polar surface area (TPSA) is 63.3 Å². The normalized spacial score (nSPS) is 13.1. The molecule has 0 saturated heterocycles. The molecular formula is C20H23NO2. The molecule has 0 fully saturated rings. The predicted octanol–water partition coefficient (Wildman–Crippen LogP) is 4.04. The van der Waals surface area contributed by atoms with Gasteiger partial charge in [-0.15, -0.1) is 0 Å². The van der Waals surface area contributed by atoms with Crippen LogP contribution in [-0.4, -0.2) is 17.1 Å². The molecule has 0 bridgehead atoms. The Morgan fingerprint density at radius 2 is 1.61 bits per heavy atom. The van der Waals surface area contributed by atoms with Crippen molar-refractivity contribution in [2.45, 2.75) is 32.2 Å². The summed E-state index contributed by atoms with van der Waals surface area (Å²) in [7, 11) is 0.